The fraction of sp³-hybridized carbons (Fsp3) is 0.143. The molecule has 0 aliphatic carbocycles. The number of nitrogens with zero attached hydrogens (tertiary/aromatic N) is 3. The van der Waals surface area contributed by atoms with Crippen LogP contribution in [0.25, 0.3) is 0 Å². The van der Waals surface area contributed by atoms with Crippen LogP contribution in [0.4, 0.5) is 0 Å². The van der Waals surface area contributed by atoms with Crippen molar-refractivity contribution in [2.45, 2.75) is 13.5 Å². The zero-order valence-electron chi connectivity index (χ0n) is 10.3. The Balaban J connectivity index is 1.95. The van der Waals surface area contributed by atoms with Crippen LogP contribution in [0.15, 0.2) is 36.7 Å². The molecular weight excluding hydrogens is 242 g/mol. The Morgan fingerprint density at radius 2 is 1.58 bits per heavy atom. The molecule has 0 spiro atoms. The third-order valence-electron chi connectivity index (χ3n) is 3.17. The monoisotopic (exact) mass is 253 g/mol. The van der Waals surface area contributed by atoms with Crippen LogP contribution in [0.5, 0.6) is 0 Å². The van der Waals surface area contributed by atoms with Gasteiger partial charge in [-0.05, 0) is 19.1 Å². The van der Waals surface area contributed by atoms with Crippen LogP contribution in [0.3, 0.4) is 0 Å². The highest BCUT2D eigenvalue weighted by molar-refractivity contribution is 6.21. The van der Waals surface area contributed by atoms with E-state index in [9.17, 15) is 9.59 Å². The van der Waals surface area contributed by atoms with E-state index in [0.29, 0.717) is 16.8 Å². The third-order valence-corrected chi connectivity index (χ3v) is 3.17. The first kappa shape index (κ1) is 11.5. The summed E-state index contributed by atoms with van der Waals surface area (Å²) in [7, 11) is 0. The van der Waals surface area contributed by atoms with Gasteiger partial charge in [-0.15, -0.1) is 0 Å². The lowest BCUT2D eigenvalue weighted by Gasteiger charge is -2.13. The summed E-state index contributed by atoms with van der Waals surface area (Å²) in [5, 5.41) is 0. The molecule has 0 atom stereocenters. The van der Waals surface area contributed by atoms with E-state index >= 15 is 0 Å². The number of imide groups is 1. The molecule has 1 aliphatic rings. The molecule has 2 heterocycles. The van der Waals surface area contributed by atoms with E-state index < -0.39 is 0 Å². The van der Waals surface area contributed by atoms with Gasteiger partial charge in [-0.3, -0.25) is 24.5 Å². The van der Waals surface area contributed by atoms with Crippen LogP contribution in [-0.2, 0) is 6.54 Å². The molecule has 0 saturated carbocycles. The minimum Gasteiger partial charge on any atom is -0.269 e. The van der Waals surface area contributed by atoms with Gasteiger partial charge in [-0.2, -0.15) is 0 Å². The van der Waals surface area contributed by atoms with E-state index in [-0.39, 0.29) is 18.4 Å². The third kappa shape index (κ3) is 1.79. The zero-order valence-corrected chi connectivity index (χ0v) is 10.3. The van der Waals surface area contributed by atoms with Gasteiger partial charge >= 0.3 is 0 Å². The lowest BCUT2D eigenvalue weighted by Crippen LogP contribution is -2.30. The maximum absolute atomic E-state index is 12.2. The molecule has 2 amide bonds. The summed E-state index contributed by atoms with van der Waals surface area (Å²) in [4.78, 5) is 33.8. The molecular formula is C14H11N3O2. The van der Waals surface area contributed by atoms with Crippen molar-refractivity contribution in [1.82, 2.24) is 14.9 Å². The molecule has 5 heteroatoms. The van der Waals surface area contributed by atoms with Crippen molar-refractivity contribution in [3.05, 3.63) is 59.2 Å². The normalized spacial score (nSPS) is 13.8. The predicted molar refractivity (Wildman–Crippen MR) is 67.4 cm³/mol. The maximum atomic E-state index is 12.2. The largest absolute Gasteiger partial charge is 0.269 e. The average Bonchev–Trinajstić information content (AvgIpc) is 2.67. The van der Waals surface area contributed by atoms with Crippen LogP contribution in [0.1, 0.15) is 32.1 Å². The standard InChI is InChI=1S/C14H11N3O2/c1-9-12(16-7-6-15-9)8-17-13(18)10-4-2-3-5-11(10)14(17)19/h2-7H,8H2,1H3. The van der Waals surface area contributed by atoms with Gasteiger partial charge in [0, 0.05) is 12.4 Å². The Bertz CT molecular complexity index is 647. The van der Waals surface area contributed by atoms with Crippen molar-refractivity contribution in [2.24, 2.45) is 0 Å². The average molecular weight is 253 g/mol. The fourth-order valence-electron chi connectivity index (χ4n) is 2.12. The molecule has 2 aromatic rings. The van der Waals surface area contributed by atoms with E-state index in [2.05, 4.69) is 9.97 Å². The number of carbonyl (C=O) groups is 2. The molecule has 94 valence electrons. The van der Waals surface area contributed by atoms with Crippen molar-refractivity contribution < 1.29 is 9.59 Å². The van der Waals surface area contributed by atoms with Gasteiger partial charge in [0.05, 0.1) is 29.1 Å². The Hall–Kier alpha value is -2.56. The van der Waals surface area contributed by atoms with Crippen LogP contribution in [0, 0.1) is 6.92 Å². The minimum atomic E-state index is -0.273. The van der Waals surface area contributed by atoms with Crippen LogP contribution in [-0.4, -0.2) is 26.7 Å². The van der Waals surface area contributed by atoms with E-state index in [1.54, 1.807) is 43.6 Å². The van der Waals surface area contributed by atoms with Gasteiger partial charge in [0.25, 0.3) is 11.8 Å². The number of carbonyl (C=O) groups excluding carboxylic acids is 2. The Labute approximate surface area is 109 Å². The molecule has 1 aromatic carbocycles. The Morgan fingerprint density at radius 3 is 2.16 bits per heavy atom. The van der Waals surface area contributed by atoms with E-state index in [4.69, 9.17) is 0 Å². The number of amides is 2. The molecule has 19 heavy (non-hydrogen) atoms. The first-order valence-corrected chi connectivity index (χ1v) is 5.90. The van der Waals surface area contributed by atoms with Gasteiger partial charge in [-0.1, -0.05) is 12.1 Å². The van der Waals surface area contributed by atoms with Crippen molar-refractivity contribution >= 4 is 11.8 Å². The molecule has 1 aromatic heterocycles. The van der Waals surface area contributed by atoms with Crippen molar-refractivity contribution in [3.63, 3.8) is 0 Å². The van der Waals surface area contributed by atoms with Gasteiger partial charge in [-0.25, -0.2) is 0 Å². The SMILES string of the molecule is Cc1nccnc1CN1C(=O)c2ccccc2C1=O. The topological polar surface area (TPSA) is 63.2 Å². The Morgan fingerprint density at radius 1 is 1.00 bits per heavy atom. The predicted octanol–water partition coefficient (Wildman–Crippen LogP) is 1.58. The summed E-state index contributed by atoms with van der Waals surface area (Å²) in [6.45, 7) is 1.96. The number of aromatic nitrogens is 2. The first-order chi connectivity index (χ1) is 9.18. The van der Waals surface area contributed by atoms with Crippen molar-refractivity contribution in [2.75, 3.05) is 0 Å². The van der Waals surface area contributed by atoms with Crippen molar-refractivity contribution in [1.29, 1.82) is 0 Å². The molecule has 0 fully saturated rings. The fourth-order valence-corrected chi connectivity index (χ4v) is 2.12. The van der Waals surface area contributed by atoms with E-state index in [1.807, 2.05) is 0 Å². The second kappa shape index (κ2) is 4.28. The molecule has 0 radical (unpaired) electrons. The first-order valence-electron chi connectivity index (χ1n) is 5.90. The molecule has 3 rings (SSSR count). The molecule has 0 N–H and O–H groups in total. The Kier molecular flexibility index (Phi) is 2.59. The van der Waals surface area contributed by atoms with Crippen LogP contribution >= 0.6 is 0 Å². The zero-order chi connectivity index (χ0) is 13.4. The summed E-state index contributed by atoms with van der Waals surface area (Å²) < 4.78 is 0. The lowest BCUT2D eigenvalue weighted by atomic mass is 10.1. The van der Waals surface area contributed by atoms with Gasteiger partial charge in [0.2, 0.25) is 0 Å². The number of hydrogen-bond donors (Lipinski definition) is 0. The summed E-state index contributed by atoms with van der Waals surface area (Å²) in [5.41, 5.74) is 2.26. The highest BCUT2D eigenvalue weighted by Crippen LogP contribution is 2.24. The summed E-state index contributed by atoms with van der Waals surface area (Å²) in [5.74, 6) is -0.545. The highest BCUT2D eigenvalue weighted by Gasteiger charge is 2.35. The molecule has 5 nitrogen and oxygen atoms in total. The maximum Gasteiger partial charge on any atom is 0.261 e. The second-order valence-corrected chi connectivity index (χ2v) is 4.33. The smallest absolute Gasteiger partial charge is 0.261 e. The molecule has 0 saturated heterocycles. The van der Waals surface area contributed by atoms with E-state index in [0.717, 1.165) is 5.69 Å². The number of rotatable bonds is 2. The molecule has 0 unspecified atom stereocenters. The van der Waals surface area contributed by atoms with Crippen molar-refractivity contribution in [3.8, 4) is 0 Å². The minimum absolute atomic E-state index is 0.159. The summed E-state index contributed by atoms with van der Waals surface area (Å²) >= 11 is 0. The number of aryl methyl sites for hydroxylation is 1. The van der Waals surface area contributed by atoms with Crippen LogP contribution in [0.2, 0.25) is 0 Å². The molecule has 0 bridgehead atoms. The van der Waals surface area contributed by atoms with E-state index in [1.165, 1.54) is 4.90 Å². The second-order valence-electron chi connectivity index (χ2n) is 4.33. The number of benzene rings is 1. The van der Waals surface area contributed by atoms with Crippen LogP contribution < -0.4 is 0 Å². The lowest BCUT2D eigenvalue weighted by molar-refractivity contribution is 0.0640. The quantitative estimate of drug-likeness (QED) is 0.762. The van der Waals surface area contributed by atoms with Gasteiger partial charge in [0.15, 0.2) is 0 Å². The number of fused-ring (bicyclic) bond motifs is 1. The summed E-state index contributed by atoms with van der Waals surface area (Å²) in [6, 6.07) is 6.83. The molecule has 1 aliphatic heterocycles. The summed E-state index contributed by atoms with van der Waals surface area (Å²) in [6.07, 6.45) is 3.14. The van der Waals surface area contributed by atoms with Gasteiger partial charge in [0.1, 0.15) is 0 Å². The number of hydrogen-bond acceptors (Lipinski definition) is 4. The highest BCUT2D eigenvalue weighted by atomic mass is 16.2. The van der Waals surface area contributed by atoms with Gasteiger partial charge < -0.3 is 0 Å².